The summed E-state index contributed by atoms with van der Waals surface area (Å²) in [7, 11) is 3.89. The Kier molecular flexibility index (Phi) is 7.40. The highest BCUT2D eigenvalue weighted by Gasteiger charge is 2.17. The predicted molar refractivity (Wildman–Crippen MR) is 108 cm³/mol. The van der Waals surface area contributed by atoms with Gasteiger partial charge in [-0.15, -0.1) is 10.2 Å². The topological polar surface area (TPSA) is 76.8 Å². The summed E-state index contributed by atoms with van der Waals surface area (Å²) in [5, 5.41) is 11.7. The molecule has 2 aromatic rings. The van der Waals surface area contributed by atoms with Crippen LogP contribution < -0.4 is 10.1 Å². The van der Waals surface area contributed by atoms with Crippen LogP contribution in [0.3, 0.4) is 0 Å². The van der Waals surface area contributed by atoms with Gasteiger partial charge in [-0.3, -0.25) is 0 Å². The zero-order valence-corrected chi connectivity index (χ0v) is 17.3. The van der Waals surface area contributed by atoms with Crippen molar-refractivity contribution in [3.05, 3.63) is 41.7 Å². The molecule has 0 saturated carbocycles. The molecule has 0 aliphatic carbocycles. The van der Waals surface area contributed by atoms with Gasteiger partial charge in [0, 0.05) is 27.2 Å². The van der Waals surface area contributed by atoms with E-state index >= 15 is 0 Å². The van der Waals surface area contributed by atoms with Crippen LogP contribution in [-0.2, 0) is 18.3 Å². The minimum Gasteiger partial charge on any atom is -0.492 e. The van der Waals surface area contributed by atoms with Crippen molar-refractivity contribution in [3.8, 4) is 5.75 Å². The van der Waals surface area contributed by atoms with Gasteiger partial charge >= 0.3 is 0 Å². The number of rotatable bonds is 8. The van der Waals surface area contributed by atoms with Crippen LogP contribution in [0, 0.1) is 12.7 Å². The van der Waals surface area contributed by atoms with Crippen molar-refractivity contribution in [3.63, 3.8) is 0 Å². The molecule has 0 bridgehead atoms. The predicted octanol–water partition coefficient (Wildman–Crippen LogP) is 1.90. The summed E-state index contributed by atoms with van der Waals surface area (Å²) in [6.07, 6.45) is 2.36. The van der Waals surface area contributed by atoms with Gasteiger partial charge in [0.15, 0.2) is 11.8 Å². The number of aryl methyl sites for hydroxylation is 1. The van der Waals surface area contributed by atoms with Crippen molar-refractivity contribution >= 4 is 5.96 Å². The Morgan fingerprint density at radius 1 is 1.38 bits per heavy atom. The van der Waals surface area contributed by atoms with Crippen LogP contribution in [0.5, 0.6) is 5.75 Å². The first-order valence-corrected chi connectivity index (χ1v) is 9.87. The zero-order chi connectivity index (χ0) is 20.6. The van der Waals surface area contributed by atoms with E-state index in [1.165, 1.54) is 12.1 Å². The minimum absolute atomic E-state index is 0.209. The summed E-state index contributed by atoms with van der Waals surface area (Å²) in [6.45, 7) is 4.93. The van der Waals surface area contributed by atoms with Crippen LogP contribution in [0.2, 0.25) is 0 Å². The molecule has 1 fully saturated rings. The van der Waals surface area contributed by atoms with Crippen LogP contribution in [-0.4, -0.2) is 65.1 Å². The van der Waals surface area contributed by atoms with Gasteiger partial charge in [-0.05, 0) is 44.0 Å². The highest BCUT2D eigenvalue weighted by molar-refractivity contribution is 5.79. The number of ether oxygens (including phenoxy) is 2. The molecule has 9 heteroatoms. The third-order valence-corrected chi connectivity index (χ3v) is 4.94. The van der Waals surface area contributed by atoms with E-state index < -0.39 is 0 Å². The Balaban J connectivity index is 1.58. The first kappa shape index (κ1) is 21.0. The SMILES string of the molecule is Cc1nnc(CN=C(NCC2CCCO2)N(C)CCOc2ccc(F)cc2)n1C. The minimum atomic E-state index is -0.277. The molecule has 1 aliphatic heterocycles. The maximum Gasteiger partial charge on any atom is 0.194 e. The quantitative estimate of drug-likeness (QED) is 0.535. The fraction of sp³-hybridized carbons (Fsp3) is 0.550. The number of benzene rings is 1. The van der Waals surface area contributed by atoms with Crippen molar-refractivity contribution < 1.29 is 13.9 Å². The van der Waals surface area contributed by atoms with Crippen LogP contribution >= 0.6 is 0 Å². The Morgan fingerprint density at radius 3 is 2.83 bits per heavy atom. The molecule has 158 valence electrons. The molecule has 0 amide bonds. The average molecular weight is 404 g/mol. The molecule has 1 saturated heterocycles. The standard InChI is InChI=1S/C20H29FN6O2/c1-15-24-25-19(27(15)3)14-23-20(22-13-18-5-4-11-28-18)26(2)10-12-29-17-8-6-16(21)7-9-17/h6-9,18H,4-5,10-14H2,1-3H3,(H,22,23). The van der Waals surface area contributed by atoms with Crippen LogP contribution in [0.15, 0.2) is 29.3 Å². The number of guanidine groups is 1. The summed E-state index contributed by atoms with van der Waals surface area (Å²) in [4.78, 5) is 6.72. The van der Waals surface area contributed by atoms with Gasteiger partial charge in [0.25, 0.3) is 0 Å². The largest absolute Gasteiger partial charge is 0.492 e. The Bertz CT molecular complexity index is 802. The van der Waals surface area contributed by atoms with Crippen LogP contribution in [0.4, 0.5) is 4.39 Å². The van der Waals surface area contributed by atoms with Gasteiger partial charge in [-0.2, -0.15) is 0 Å². The lowest BCUT2D eigenvalue weighted by molar-refractivity contribution is 0.113. The number of likely N-dealkylation sites (N-methyl/N-ethyl adjacent to an activating group) is 1. The number of aliphatic imine (C=N–C) groups is 1. The molecule has 2 heterocycles. The maximum absolute atomic E-state index is 13.0. The number of halogens is 1. The summed E-state index contributed by atoms with van der Waals surface area (Å²) in [5.74, 6) is 2.77. The normalized spacial score (nSPS) is 16.8. The molecular formula is C20H29FN6O2. The highest BCUT2D eigenvalue weighted by atomic mass is 19.1. The number of nitrogens with zero attached hydrogens (tertiary/aromatic N) is 5. The smallest absolute Gasteiger partial charge is 0.194 e. The lowest BCUT2D eigenvalue weighted by Crippen LogP contribution is -2.43. The molecule has 1 unspecified atom stereocenters. The van der Waals surface area contributed by atoms with E-state index in [0.717, 1.165) is 37.1 Å². The summed E-state index contributed by atoms with van der Waals surface area (Å²) in [6, 6.07) is 6.02. The van der Waals surface area contributed by atoms with E-state index in [2.05, 4.69) is 15.5 Å². The van der Waals surface area contributed by atoms with Crippen molar-refractivity contribution in [2.24, 2.45) is 12.0 Å². The first-order chi connectivity index (χ1) is 14.0. The van der Waals surface area contributed by atoms with Gasteiger partial charge in [-0.25, -0.2) is 9.38 Å². The number of hydrogen-bond donors (Lipinski definition) is 1. The molecule has 0 radical (unpaired) electrons. The van der Waals surface area contributed by atoms with E-state index in [1.54, 1.807) is 12.1 Å². The summed E-state index contributed by atoms with van der Waals surface area (Å²) in [5.41, 5.74) is 0. The molecule has 1 N–H and O–H groups in total. The summed E-state index contributed by atoms with van der Waals surface area (Å²) < 4.78 is 26.3. The Labute approximate surface area is 170 Å². The van der Waals surface area contributed by atoms with Gasteiger partial charge < -0.3 is 24.3 Å². The number of hydrogen-bond acceptors (Lipinski definition) is 5. The molecule has 29 heavy (non-hydrogen) atoms. The first-order valence-electron chi connectivity index (χ1n) is 9.87. The fourth-order valence-electron chi connectivity index (χ4n) is 2.99. The molecule has 8 nitrogen and oxygen atoms in total. The van der Waals surface area contributed by atoms with E-state index in [4.69, 9.17) is 14.5 Å². The summed E-state index contributed by atoms with van der Waals surface area (Å²) >= 11 is 0. The molecular weight excluding hydrogens is 375 g/mol. The molecule has 1 aromatic heterocycles. The van der Waals surface area contributed by atoms with Crippen LogP contribution in [0.25, 0.3) is 0 Å². The maximum atomic E-state index is 13.0. The third kappa shape index (κ3) is 6.15. The number of aromatic nitrogens is 3. The highest BCUT2D eigenvalue weighted by Crippen LogP contribution is 2.12. The third-order valence-electron chi connectivity index (χ3n) is 4.94. The number of nitrogens with one attached hydrogen (secondary N) is 1. The van der Waals surface area contributed by atoms with Gasteiger partial charge in [-0.1, -0.05) is 0 Å². The molecule has 1 aromatic carbocycles. The van der Waals surface area contributed by atoms with E-state index in [-0.39, 0.29) is 11.9 Å². The Hall–Kier alpha value is -2.68. The van der Waals surface area contributed by atoms with Gasteiger partial charge in [0.2, 0.25) is 0 Å². The second kappa shape index (κ2) is 10.2. The van der Waals surface area contributed by atoms with Crippen molar-refractivity contribution in [2.45, 2.75) is 32.4 Å². The van der Waals surface area contributed by atoms with Gasteiger partial charge in [0.1, 0.15) is 30.5 Å². The fourth-order valence-corrected chi connectivity index (χ4v) is 2.99. The monoisotopic (exact) mass is 404 g/mol. The molecule has 1 atom stereocenters. The van der Waals surface area contributed by atoms with Crippen molar-refractivity contribution in [1.29, 1.82) is 0 Å². The van der Waals surface area contributed by atoms with E-state index in [9.17, 15) is 4.39 Å². The molecule has 3 rings (SSSR count). The van der Waals surface area contributed by atoms with Crippen LogP contribution in [0.1, 0.15) is 24.5 Å². The molecule has 1 aliphatic rings. The second-order valence-corrected chi connectivity index (χ2v) is 7.10. The van der Waals surface area contributed by atoms with Gasteiger partial charge in [0.05, 0.1) is 12.6 Å². The van der Waals surface area contributed by atoms with E-state index in [1.807, 2.05) is 30.5 Å². The molecule has 0 spiro atoms. The van der Waals surface area contributed by atoms with Crippen molar-refractivity contribution in [1.82, 2.24) is 25.0 Å². The average Bonchev–Trinajstić information content (AvgIpc) is 3.34. The Morgan fingerprint density at radius 2 is 2.17 bits per heavy atom. The zero-order valence-electron chi connectivity index (χ0n) is 17.3. The lowest BCUT2D eigenvalue weighted by Gasteiger charge is -2.23. The lowest BCUT2D eigenvalue weighted by atomic mass is 10.2. The van der Waals surface area contributed by atoms with Crippen molar-refractivity contribution in [2.75, 3.05) is 33.4 Å². The second-order valence-electron chi connectivity index (χ2n) is 7.10. The van der Waals surface area contributed by atoms with E-state index in [0.29, 0.717) is 32.0 Å².